The maximum absolute atomic E-state index is 5.74. The fraction of sp³-hybridized carbons (Fsp3) is 0.500. The SMILES string of the molecule is CC1COCCN1c1nc(-c2ccc3nc(NCCCC(C)(C)C)[nH]c3c2)nc2c1CCN(c1ncccn1)C2. The molecule has 1 unspecified atom stereocenters. The Hall–Kier alpha value is -3.79. The molecule has 0 saturated carbocycles. The minimum Gasteiger partial charge on any atom is -0.377 e. The Labute approximate surface area is 235 Å². The normalized spacial score (nSPS) is 17.8. The Kier molecular flexibility index (Phi) is 7.27. The fourth-order valence-corrected chi connectivity index (χ4v) is 5.50. The van der Waals surface area contributed by atoms with Gasteiger partial charge in [0.2, 0.25) is 11.9 Å². The third-order valence-corrected chi connectivity index (χ3v) is 7.65. The van der Waals surface area contributed by atoms with Crippen LogP contribution in [0.1, 0.15) is 51.8 Å². The van der Waals surface area contributed by atoms with Gasteiger partial charge in [0, 0.05) is 43.2 Å². The first kappa shape index (κ1) is 26.4. The predicted molar refractivity (Wildman–Crippen MR) is 159 cm³/mol. The number of ether oxygens (including phenoxy) is 1. The van der Waals surface area contributed by atoms with Gasteiger partial charge in [0.15, 0.2) is 5.82 Å². The summed E-state index contributed by atoms with van der Waals surface area (Å²) in [7, 11) is 0. The second kappa shape index (κ2) is 11.0. The first-order valence-electron chi connectivity index (χ1n) is 14.3. The third kappa shape index (κ3) is 5.72. The monoisotopic (exact) mass is 541 g/mol. The van der Waals surface area contributed by atoms with Gasteiger partial charge in [-0.2, -0.15) is 0 Å². The van der Waals surface area contributed by atoms with Crippen molar-refractivity contribution in [3.05, 3.63) is 47.9 Å². The van der Waals surface area contributed by atoms with E-state index in [0.717, 1.165) is 84.7 Å². The molecule has 1 fully saturated rings. The summed E-state index contributed by atoms with van der Waals surface area (Å²) >= 11 is 0. The van der Waals surface area contributed by atoms with Crippen LogP contribution >= 0.6 is 0 Å². The molecule has 2 aliphatic heterocycles. The lowest BCUT2D eigenvalue weighted by Crippen LogP contribution is -2.45. The minimum absolute atomic E-state index is 0.248. The van der Waals surface area contributed by atoms with Crippen LogP contribution in [0.15, 0.2) is 36.7 Å². The molecule has 2 N–H and O–H groups in total. The van der Waals surface area contributed by atoms with Gasteiger partial charge in [0.25, 0.3) is 0 Å². The van der Waals surface area contributed by atoms with Gasteiger partial charge < -0.3 is 24.8 Å². The third-order valence-electron chi connectivity index (χ3n) is 7.65. The number of imidazole rings is 1. The van der Waals surface area contributed by atoms with Crippen molar-refractivity contribution in [2.45, 2.75) is 59.5 Å². The van der Waals surface area contributed by atoms with Crippen LogP contribution < -0.4 is 15.1 Å². The van der Waals surface area contributed by atoms with Crippen LogP contribution in [0.3, 0.4) is 0 Å². The summed E-state index contributed by atoms with van der Waals surface area (Å²) in [6, 6.07) is 8.32. The highest BCUT2D eigenvalue weighted by Crippen LogP contribution is 2.33. The molecular weight excluding hydrogens is 502 g/mol. The number of aromatic nitrogens is 6. The van der Waals surface area contributed by atoms with E-state index in [0.29, 0.717) is 25.2 Å². The zero-order valence-corrected chi connectivity index (χ0v) is 23.9. The number of hydrogen-bond acceptors (Lipinski definition) is 9. The van der Waals surface area contributed by atoms with Gasteiger partial charge in [0.1, 0.15) is 5.82 Å². The number of benzene rings is 1. The van der Waals surface area contributed by atoms with E-state index in [1.807, 2.05) is 12.1 Å². The molecule has 10 heteroatoms. The van der Waals surface area contributed by atoms with Crippen LogP contribution in [0.4, 0.5) is 17.7 Å². The molecule has 40 heavy (non-hydrogen) atoms. The molecule has 0 amide bonds. The van der Waals surface area contributed by atoms with Gasteiger partial charge in [-0.15, -0.1) is 0 Å². The summed E-state index contributed by atoms with van der Waals surface area (Å²) in [4.78, 5) is 32.0. The van der Waals surface area contributed by atoms with Crippen LogP contribution in [-0.4, -0.2) is 68.8 Å². The average Bonchev–Trinajstić information content (AvgIpc) is 3.37. The van der Waals surface area contributed by atoms with E-state index in [-0.39, 0.29) is 6.04 Å². The van der Waals surface area contributed by atoms with Gasteiger partial charge >= 0.3 is 0 Å². The summed E-state index contributed by atoms with van der Waals surface area (Å²) in [6.45, 7) is 13.6. The van der Waals surface area contributed by atoms with Crippen LogP contribution in [0.2, 0.25) is 0 Å². The smallest absolute Gasteiger partial charge is 0.225 e. The van der Waals surface area contributed by atoms with E-state index < -0.39 is 0 Å². The van der Waals surface area contributed by atoms with Crippen molar-refractivity contribution in [1.82, 2.24) is 29.9 Å². The zero-order valence-electron chi connectivity index (χ0n) is 23.9. The maximum atomic E-state index is 5.74. The molecule has 2 aliphatic rings. The van der Waals surface area contributed by atoms with Crippen molar-refractivity contribution < 1.29 is 4.74 Å². The Morgan fingerprint density at radius 1 is 1.10 bits per heavy atom. The summed E-state index contributed by atoms with van der Waals surface area (Å²) in [5, 5.41) is 3.45. The molecule has 6 rings (SSSR count). The van der Waals surface area contributed by atoms with Gasteiger partial charge in [-0.25, -0.2) is 24.9 Å². The predicted octanol–water partition coefficient (Wildman–Crippen LogP) is 4.84. The second-order valence-corrected chi connectivity index (χ2v) is 12.0. The zero-order chi connectivity index (χ0) is 27.7. The lowest BCUT2D eigenvalue weighted by molar-refractivity contribution is 0.0984. The number of morpholine rings is 1. The summed E-state index contributed by atoms with van der Waals surface area (Å²) in [5.41, 5.74) is 5.44. The number of nitrogens with one attached hydrogen (secondary N) is 2. The number of nitrogens with zero attached hydrogens (tertiary/aromatic N) is 7. The van der Waals surface area contributed by atoms with Gasteiger partial charge in [-0.3, -0.25) is 0 Å². The quantitative estimate of drug-likeness (QED) is 0.318. The van der Waals surface area contributed by atoms with Crippen molar-refractivity contribution in [3.63, 3.8) is 0 Å². The summed E-state index contributed by atoms with van der Waals surface area (Å²) < 4.78 is 5.74. The molecule has 0 spiro atoms. The van der Waals surface area contributed by atoms with E-state index in [9.17, 15) is 0 Å². The largest absolute Gasteiger partial charge is 0.377 e. The number of anilines is 3. The summed E-state index contributed by atoms with van der Waals surface area (Å²) in [5.74, 6) is 3.28. The maximum Gasteiger partial charge on any atom is 0.225 e. The van der Waals surface area contributed by atoms with Gasteiger partial charge in [-0.05, 0) is 55.9 Å². The van der Waals surface area contributed by atoms with E-state index in [1.54, 1.807) is 12.4 Å². The van der Waals surface area contributed by atoms with Crippen LogP contribution in [0.25, 0.3) is 22.4 Å². The highest BCUT2D eigenvalue weighted by Gasteiger charge is 2.29. The van der Waals surface area contributed by atoms with E-state index in [2.05, 4.69) is 69.9 Å². The van der Waals surface area contributed by atoms with E-state index in [4.69, 9.17) is 19.7 Å². The number of hydrogen-bond donors (Lipinski definition) is 2. The van der Waals surface area contributed by atoms with Crippen LogP contribution in [0, 0.1) is 5.41 Å². The number of H-pyrrole nitrogens is 1. The fourth-order valence-electron chi connectivity index (χ4n) is 5.50. The van der Waals surface area contributed by atoms with E-state index >= 15 is 0 Å². The van der Waals surface area contributed by atoms with Crippen molar-refractivity contribution in [1.29, 1.82) is 0 Å². The number of fused-ring (bicyclic) bond motifs is 2. The van der Waals surface area contributed by atoms with Crippen molar-refractivity contribution in [3.8, 4) is 11.4 Å². The lowest BCUT2D eigenvalue weighted by atomic mass is 9.91. The minimum atomic E-state index is 0.248. The molecule has 4 aromatic rings. The van der Waals surface area contributed by atoms with Crippen molar-refractivity contribution in [2.24, 2.45) is 5.41 Å². The average molecular weight is 542 g/mol. The Morgan fingerprint density at radius 3 is 2.75 bits per heavy atom. The standard InChI is InChI=1S/C30H39N9O/c1-20-19-40-16-15-39(20)27-22-9-14-38(29-32-12-6-13-33-29)18-25(22)34-26(37-27)21-7-8-23-24(17-21)36-28(35-23)31-11-5-10-30(2,3)4/h6-8,12-13,17,20H,5,9-11,14-16,18-19H2,1-4H3,(H2,31,35,36). The molecule has 0 aliphatic carbocycles. The van der Waals surface area contributed by atoms with Gasteiger partial charge in [0.05, 0.1) is 42.5 Å². The molecule has 1 atom stereocenters. The van der Waals surface area contributed by atoms with Gasteiger partial charge in [-0.1, -0.05) is 20.8 Å². The lowest BCUT2D eigenvalue weighted by Gasteiger charge is -2.37. The molecule has 210 valence electrons. The van der Waals surface area contributed by atoms with Crippen molar-refractivity contribution in [2.75, 3.05) is 48.0 Å². The molecule has 3 aromatic heterocycles. The highest BCUT2D eigenvalue weighted by atomic mass is 16.5. The molecule has 0 radical (unpaired) electrons. The Bertz CT molecular complexity index is 1460. The molecular formula is C30H39N9O. The topological polar surface area (TPSA) is 108 Å². The summed E-state index contributed by atoms with van der Waals surface area (Å²) in [6.07, 6.45) is 6.69. The first-order chi connectivity index (χ1) is 19.3. The molecule has 5 heterocycles. The highest BCUT2D eigenvalue weighted by molar-refractivity contribution is 5.82. The van der Waals surface area contributed by atoms with Crippen LogP contribution in [0.5, 0.6) is 0 Å². The number of aromatic amines is 1. The molecule has 1 aromatic carbocycles. The van der Waals surface area contributed by atoms with E-state index in [1.165, 1.54) is 5.56 Å². The Morgan fingerprint density at radius 2 is 1.95 bits per heavy atom. The molecule has 1 saturated heterocycles. The first-order valence-corrected chi connectivity index (χ1v) is 14.3. The van der Waals surface area contributed by atoms with Crippen LogP contribution in [-0.2, 0) is 17.7 Å². The molecule has 10 nitrogen and oxygen atoms in total. The molecule has 0 bridgehead atoms. The Balaban J connectivity index is 1.31. The number of rotatable bonds is 7. The van der Waals surface area contributed by atoms with Crippen molar-refractivity contribution >= 4 is 28.7 Å². The second-order valence-electron chi connectivity index (χ2n) is 12.0.